The average molecular weight is 311 g/mol. The summed E-state index contributed by atoms with van der Waals surface area (Å²) in [6.45, 7) is 0.171. The molecule has 0 aliphatic rings. The fraction of sp³-hybridized carbons (Fsp3) is 0.143. The van der Waals surface area contributed by atoms with Crippen molar-refractivity contribution < 1.29 is 8.42 Å². The number of anilines is 1. The molecule has 2 aromatic rings. The average Bonchev–Trinajstić information content (AvgIpc) is 2.37. The first-order valence-corrected chi connectivity index (χ1v) is 8.04. The maximum atomic E-state index is 12.0. The quantitative estimate of drug-likeness (QED) is 0.834. The summed E-state index contributed by atoms with van der Waals surface area (Å²) < 4.78 is 26.5. The van der Waals surface area contributed by atoms with Crippen molar-refractivity contribution in [2.45, 2.75) is 12.3 Å². The predicted molar refractivity (Wildman–Crippen MR) is 81.8 cm³/mol. The van der Waals surface area contributed by atoms with Crippen molar-refractivity contribution in [3.63, 3.8) is 0 Å². The van der Waals surface area contributed by atoms with E-state index in [1.54, 1.807) is 42.5 Å². The van der Waals surface area contributed by atoms with Crippen LogP contribution in [0.25, 0.3) is 0 Å². The molecule has 0 atom stereocenters. The third kappa shape index (κ3) is 4.23. The van der Waals surface area contributed by atoms with Crippen LogP contribution in [0.3, 0.4) is 0 Å². The molecule has 0 spiro atoms. The van der Waals surface area contributed by atoms with Crippen LogP contribution in [0.4, 0.5) is 5.69 Å². The molecular formula is C14H15ClN2O2S. The molecule has 0 saturated heterocycles. The SMILES string of the molecule is Nc1cccc(CS(=O)(=O)NCc2ccccc2Cl)c1. The maximum absolute atomic E-state index is 12.0. The van der Waals surface area contributed by atoms with Gasteiger partial charge in [-0.15, -0.1) is 0 Å². The molecule has 0 heterocycles. The monoisotopic (exact) mass is 310 g/mol. The van der Waals surface area contributed by atoms with Crippen molar-refractivity contribution in [2.24, 2.45) is 0 Å². The summed E-state index contributed by atoms with van der Waals surface area (Å²) in [6.07, 6.45) is 0. The Labute approximate surface area is 123 Å². The van der Waals surface area contributed by atoms with Gasteiger partial charge in [-0.05, 0) is 29.3 Å². The van der Waals surface area contributed by atoms with Crippen molar-refractivity contribution >= 4 is 27.3 Å². The predicted octanol–water partition coefficient (Wildman–Crippen LogP) is 2.54. The van der Waals surface area contributed by atoms with Crippen LogP contribution in [0.1, 0.15) is 11.1 Å². The van der Waals surface area contributed by atoms with Crippen LogP contribution < -0.4 is 10.5 Å². The Hall–Kier alpha value is -1.56. The van der Waals surface area contributed by atoms with Gasteiger partial charge >= 0.3 is 0 Å². The minimum atomic E-state index is -3.43. The highest BCUT2D eigenvalue weighted by atomic mass is 35.5. The molecule has 0 radical (unpaired) electrons. The summed E-state index contributed by atoms with van der Waals surface area (Å²) in [7, 11) is -3.43. The van der Waals surface area contributed by atoms with Gasteiger partial charge in [-0.3, -0.25) is 0 Å². The van der Waals surface area contributed by atoms with Gasteiger partial charge < -0.3 is 5.73 Å². The van der Waals surface area contributed by atoms with E-state index < -0.39 is 10.0 Å². The zero-order chi connectivity index (χ0) is 14.6. The Morgan fingerprint density at radius 2 is 1.85 bits per heavy atom. The Bertz CT molecular complexity index is 702. The molecule has 0 unspecified atom stereocenters. The standard InChI is InChI=1S/C14H15ClN2O2S/c15-14-7-2-1-5-12(14)9-17-20(18,19)10-11-4-3-6-13(16)8-11/h1-8,17H,9-10,16H2. The number of halogens is 1. The number of hydrogen-bond donors (Lipinski definition) is 2. The van der Waals surface area contributed by atoms with Crippen molar-refractivity contribution in [3.05, 3.63) is 64.7 Å². The van der Waals surface area contributed by atoms with Gasteiger partial charge in [0.15, 0.2) is 0 Å². The van der Waals surface area contributed by atoms with Gasteiger partial charge in [0.25, 0.3) is 0 Å². The molecule has 0 aliphatic carbocycles. The van der Waals surface area contributed by atoms with Gasteiger partial charge in [0.1, 0.15) is 0 Å². The van der Waals surface area contributed by atoms with Gasteiger partial charge in [-0.1, -0.05) is 41.9 Å². The van der Waals surface area contributed by atoms with Crippen LogP contribution in [-0.2, 0) is 22.3 Å². The van der Waals surface area contributed by atoms with Gasteiger partial charge in [-0.2, -0.15) is 0 Å². The van der Waals surface area contributed by atoms with Crippen LogP contribution in [0.2, 0.25) is 5.02 Å². The smallest absolute Gasteiger partial charge is 0.216 e. The minimum absolute atomic E-state index is 0.109. The zero-order valence-corrected chi connectivity index (χ0v) is 12.3. The molecule has 2 aromatic carbocycles. The van der Waals surface area contributed by atoms with Crippen LogP contribution in [0, 0.1) is 0 Å². The topological polar surface area (TPSA) is 72.2 Å². The van der Waals surface area contributed by atoms with E-state index in [-0.39, 0.29) is 12.3 Å². The second kappa shape index (κ2) is 6.26. The lowest BCUT2D eigenvalue weighted by molar-refractivity contribution is 0.580. The van der Waals surface area contributed by atoms with Crippen LogP contribution in [-0.4, -0.2) is 8.42 Å². The first-order chi connectivity index (χ1) is 9.46. The lowest BCUT2D eigenvalue weighted by Crippen LogP contribution is -2.24. The molecule has 0 amide bonds. The molecule has 0 saturated carbocycles. The normalized spacial score (nSPS) is 11.4. The molecule has 3 N–H and O–H groups in total. The number of hydrogen-bond acceptors (Lipinski definition) is 3. The van der Waals surface area contributed by atoms with E-state index in [0.717, 1.165) is 5.56 Å². The first kappa shape index (κ1) is 14.8. The fourth-order valence-corrected chi connectivity index (χ4v) is 3.08. The van der Waals surface area contributed by atoms with Crippen molar-refractivity contribution in [3.8, 4) is 0 Å². The summed E-state index contributed by atoms with van der Waals surface area (Å²) in [4.78, 5) is 0. The number of nitrogen functional groups attached to an aromatic ring is 1. The lowest BCUT2D eigenvalue weighted by atomic mass is 10.2. The van der Waals surface area contributed by atoms with E-state index in [2.05, 4.69) is 4.72 Å². The van der Waals surface area contributed by atoms with Crippen molar-refractivity contribution in [1.29, 1.82) is 0 Å². The molecule has 0 fully saturated rings. The molecular weight excluding hydrogens is 296 g/mol. The van der Waals surface area contributed by atoms with E-state index in [1.165, 1.54) is 0 Å². The Balaban J connectivity index is 2.03. The number of sulfonamides is 1. The highest BCUT2D eigenvalue weighted by Crippen LogP contribution is 2.15. The summed E-state index contributed by atoms with van der Waals surface area (Å²) in [6, 6.07) is 13.9. The Morgan fingerprint density at radius 3 is 2.55 bits per heavy atom. The van der Waals surface area contributed by atoms with E-state index in [9.17, 15) is 8.42 Å². The van der Waals surface area contributed by atoms with Crippen molar-refractivity contribution in [1.82, 2.24) is 4.72 Å². The van der Waals surface area contributed by atoms with E-state index in [4.69, 9.17) is 17.3 Å². The maximum Gasteiger partial charge on any atom is 0.216 e. The molecule has 106 valence electrons. The molecule has 0 bridgehead atoms. The van der Waals surface area contributed by atoms with Gasteiger partial charge in [0, 0.05) is 17.3 Å². The third-order valence-electron chi connectivity index (χ3n) is 2.75. The largest absolute Gasteiger partial charge is 0.399 e. The molecule has 20 heavy (non-hydrogen) atoms. The van der Waals surface area contributed by atoms with Crippen LogP contribution in [0.15, 0.2) is 48.5 Å². The summed E-state index contributed by atoms with van der Waals surface area (Å²) in [5.41, 5.74) is 7.57. The van der Waals surface area contributed by atoms with Gasteiger partial charge in [0.2, 0.25) is 10.0 Å². The summed E-state index contributed by atoms with van der Waals surface area (Å²) in [5.74, 6) is -0.109. The fourth-order valence-electron chi connectivity index (χ4n) is 1.78. The number of nitrogens with two attached hydrogens (primary N) is 1. The number of benzene rings is 2. The zero-order valence-electron chi connectivity index (χ0n) is 10.7. The Morgan fingerprint density at radius 1 is 1.10 bits per heavy atom. The van der Waals surface area contributed by atoms with Gasteiger partial charge in [0.05, 0.1) is 5.75 Å². The van der Waals surface area contributed by atoms with Crippen molar-refractivity contribution in [2.75, 3.05) is 5.73 Å². The van der Waals surface area contributed by atoms with E-state index in [1.807, 2.05) is 6.07 Å². The minimum Gasteiger partial charge on any atom is -0.399 e. The highest BCUT2D eigenvalue weighted by Gasteiger charge is 2.12. The van der Waals surface area contributed by atoms with Crippen LogP contribution >= 0.6 is 11.6 Å². The Kier molecular flexibility index (Phi) is 4.65. The first-order valence-electron chi connectivity index (χ1n) is 6.01. The van der Waals surface area contributed by atoms with Crippen LogP contribution in [0.5, 0.6) is 0 Å². The molecule has 2 rings (SSSR count). The summed E-state index contributed by atoms with van der Waals surface area (Å²) >= 11 is 5.98. The second-order valence-corrected chi connectivity index (χ2v) is 6.63. The molecule has 0 aromatic heterocycles. The third-order valence-corrected chi connectivity index (χ3v) is 4.41. The number of nitrogens with one attached hydrogen (secondary N) is 1. The van der Waals surface area contributed by atoms with Gasteiger partial charge in [-0.25, -0.2) is 13.1 Å². The number of rotatable bonds is 5. The highest BCUT2D eigenvalue weighted by molar-refractivity contribution is 7.88. The second-order valence-electron chi connectivity index (χ2n) is 4.42. The summed E-state index contributed by atoms with van der Waals surface area (Å²) in [5, 5.41) is 0.541. The molecule has 4 nitrogen and oxygen atoms in total. The van der Waals surface area contributed by atoms with E-state index >= 15 is 0 Å². The molecule has 6 heteroatoms. The molecule has 0 aliphatic heterocycles. The van der Waals surface area contributed by atoms with E-state index in [0.29, 0.717) is 16.3 Å². The lowest BCUT2D eigenvalue weighted by Gasteiger charge is -2.08.